The van der Waals surface area contributed by atoms with E-state index in [1.165, 1.54) is 12.1 Å². The largest absolute Gasteiger partial charge is 0.480 e. The molecule has 1 aliphatic rings. The summed E-state index contributed by atoms with van der Waals surface area (Å²) in [4.78, 5) is 11.2. The van der Waals surface area contributed by atoms with E-state index in [0.29, 0.717) is 18.0 Å². The molecule has 0 saturated heterocycles. The molecule has 0 bridgehead atoms. The molecule has 92 valence electrons. The average Bonchev–Trinajstić information content (AvgIpc) is 3.04. The van der Waals surface area contributed by atoms with Crippen LogP contribution in [0.1, 0.15) is 24.4 Å². The number of rotatable bonds is 5. The van der Waals surface area contributed by atoms with Gasteiger partial charge in [-0.1, -0.05) is 17.7 Å². The van der Waals surface area contributed by atoms with Crippen molar-refractivity contribution in [1.82, 2.24) is 5.32 Å². The highest BCUT2D eigenvalue weighted by Gasteiger charge is 2.27. The van der Waals surface area contributed by atoms with E-state index < -0.39 is 17.8 Å². The van der Waals surface area contributed by atoms with Crippen molar-refractivity contribution < 1.29 is 14.3 Å². The monoisotopic (exact) mass is 257 g/mol. The maximum absolute atomic E-state index is 12.9. The van der Waals surface area contributed by atoms with E-state index in [2.05, 4.69) is 5.32 Å². The van der Waals surface area contributed by atoms with Crippen LogP contribution in [0.3, 0.4) is 0 Å². The molecule has 1 saturated carbocycles. The molecule has 5 heteroatoms. The lowest BCUT2D eigenvalue weighted by Crippen LogP contribution is -2.30. The molecule has 1 aromatic rings. The van der Waals surface area contributed by atoms with Gasteiger partial charge in [-0.05, 0) is 43.0 Å². The van der Waals surface area contributed by atoms with Crippen molar-refractivity contribution in [2.75, 3.05) is 6.54 Å². The highest BCUT2D eigenvalue weighted by atomic mass is 35.5. The van der Waals surface area contributed by atoms with E-state index in [1.54, 1.807) is 0 Å². The third-order valence-electron chi connectivity index (χ3n) is 2.83. The van der Waals surface area contributed by atoms with Gasteiger partial charge >= 0.3 is 5.97 Å². The summed E-state index contributed by atoms with van der Waals surface area (Å²) in [5.74, 6) is -0.902. The van der Waals surface area contributed by atoms with Crippen LogP contribution in [0.25, 0.3) is 0 Å². The number of carboxylic acid groups (broad SMARTS) is 1. The summed E-state index contributed by atoms with van der Waals surface area (Å²) in [6, 6.07) is 2.89. The van der Waals surface area contributed by atoms with Gasteiger partial charge in [0.25, 0.3) is 0 Å². The minimum atomic E-state index is -1.00. The van der Waals surface area contributed by atoms with Gasteiger partial charge in [-0.25, -0.2) is 4.39 Å². The number of aliphatic carboxylic acids is 1. The summed E-state index contributed by atoms with van der Waals surface area (Å²) < 4.78 is 12.9. The van der Waals surface area contributed by atoms with Gasteiger partial charge in [0.15, 0.2) is 0 Å². The van der Waals surface area contributed by atoms with Gasteiger partial charge in [-0.3, -0.25) is 4.79 Å². The summed E-state index contributed by atoms with van der Waals surface area (Å²) in [5, 5.41) is 12.2. The van der Waals surface area contributed by atoms with Gasteiger partial charge in [0.1, 0.15) is 11.9 Å². The molecule has 1 aliphatic carbocycles. The molecule has 0 aromatic heterocycles. The Morgan fingerprint density at radius 1 is 1.59 bits per heavy atom. The highest BCUT2D eigenvalue weighted by molar-refractivity contribution is 6.31. The van der Waals surface area contributed by atoms with Gasteiger partial charge in [-0.15, -0.1) is 0 Å². The molecule has 0 spiro atoms. The summed E-state index contributed by atoms with van der Waals surface area (Å²) in [6.45, 7) is 0.657. The molecule has 1 fully saturated rings. The Morgan fingerprint density at radius 2 is 2.29 bits per heavy atom. The molecule has 0 amide bonds. The number of nitrogens with one attached hydrogen (secondary N) is 1. The SMILES string of the molecule is O=C(O)C(NCC1CC1)c1ccc(F)cc1Cl. The number of benzene rings is 1. The van der Waals surface area contributed by atoms with Gasteiger partial charge in [-0.2, -0.15) is 0 Å². The van der Waals surface area contributed by atoms with Gasteiger partial charge in [0.2, 0.25) is 0 Å². The fourth-order valence-corrected chi connectivity index (χ4v) is 1.95. The highest BCUT2D eigenvalue weighted by Crippen LogP contribution is 2.30. The fraction of sp³-hybridized carbons (Fsp3) is 0.417. The van der Waals surface area contributed by atoms with Crippen molar-refractivity contribution in [1.29, 1.82) is 0 Å². The van der Waals surface area contributed by atoms with Crippen molar-refractivity contribution in [2.24, 2.45) is 5.92 Å². The lowest BCUT2D eigenvalue weighted by atomic mass is 10.1. The standard InChI is InChI=1S/C12H13ClFNO2/c13-10-5-8(14)3-4-9(10)11(12(16)17)15-6-7-1-2-7/h3-5,7,11,15H,1-2,6H2,(H,16,17). The minimum Gasteiger partial charge on any atom is -0.480 e. The molecular weight excluding hydrogens is 245 g/mol. The van der Waals surface area contributed by atoms with Crippen LogP contribution in [0, 0.1) is 11.7 Å². The summed E-state index contributed by atoms with van der Waals surface area (Å²) >= 11 is 5.86. The minimum absolute atomic E-state index is 0.140. The second-order valence-electron chi connectivity index (χ2n) is 4.29. The van der Waals surface area contributed by atoms with Gasteiger partial charge < -0.3 is 10.4 Å². The van der Waals surface area contributed by atoms with Crippen molar-refractivity contribution >= 4 is 17.6 Å². The topological polar surface area (TPSA) is 49.3 Å². The van der Waals surface area contributed by atoms with E-state index >= 15 is 0 Å². The molecule has 0 radical (unpaired) electrons. The predicted molar refractivity (Wildman–Crippen MR) is 62.5 cm³/mol. The third-order valence-corrected chi connectivity index (χ3v) is 3.16. The normalized spacial score (nSPS) is 16.8. The number of hydrogen-bond acceptors (Lipinski definition) is 2. The van der Waals surface area contributed by atoms with Crippen LogP contribution in [0.4, 0.5) is 4.39 Å². The molecule has 0 aliphatic heterocycles. The molecular formula is C12H13ClFNO2. The molecule has 3 nitrogen and oxygen atoms in total. The number of carboxylic acids is 1. The smallest absolute Gasteiger partial charge is 0.325 e. The van der Waals surface area contributed by atoms with E-state index in [4.69, 9.17) is 16.7 Å². The Bertz CT molecular complexity index is 435. The van der Waals surface area contributed by atoms with E-state index in [0.717, 1.165) is 18.9 Å². The Labute approximate surface area is 104 Å². The number of carbonyl (C=O) groups is 1. The van der Waals surface area contributed by atoms with E-state index in [9.17, 15) is 9.18 Å². The molecule has 1 atom stereocenters. The van der Waals surface area contributed by atoms with Crippen LogP contribution in [-0.2, 0) is 4.79 Å². The van der Waals surface area contributed by atoms with Crippen LogP contribution in [-0.4, -0.2) is 17.6 Å². The summed E-state index contributed by atoms with van der Waals surface area (Å²) in [6.07, 6.45) is 2.27. The average molecular weight is 258 g/mol. The van der Waals surface area contributed by atoms with Crippen LogP contribution in [0.15, 0.2) is 18.2 Å². The van der Waals surface area contributed by atoms with Crippen LogP contribution in [0.5, 0.6) is 0 Å². The number of hydrogen-bond donors (Lipinski definition) is 2. The summed E-state index contributed by atoms with van der Waals surface area (Å²) in [7, 11) is 0. The van der Waals surface area contributed by atoms with Crippen LogP contribution in [0.2, 0.25) is 5.02 Å². The molecule has 1 unspecified atom stereocenters. The predicted octanol–water partition coefficient (Wildman–Crippen LogP) is 2.60. The maximum Gasteiger partial charge on any atom is 0.325 e. The van der Waals surface area contributed by atoms with Crippen molar-refractivity contribution in [2.45, 2.75) is 18.9 Å². The first-order valence-electron chi connectivity index (χ1n) is 5.49. The van der Waals surface area contributed by atoms with Crippen molar-refractivity contribution in [3.63, 3.8) is 0 Å². The zero-order valence-corrected chi connectivity index (χ0v) is 9.88. The lowest BCUT2D eigenvalue weighted by Gasteiger charge is -2.16. The first-order chi connectivity index (χ1) is 8.08. The zero-order valence-electron chi connectivity index (χ0n) is 9.12. The third kappa shape index (κ3) is 3.17. The maximum atomic E-state index is 12.9. The Morgan fingerprint density at radius 3 is 2.82 bits per heavy atom. The van der Waals surface area contributed by atoms with Gasteiger partial charge in [0, 0.05) is 5.02 Å². The van der Waals surface area contributed by atoms with E-state index in [-0.39, 0.29) is 5.02 Å². The number of halogens is 2. The Balaban J connectivity index is 2.15. The first kappa shape index (κ1) is 12.3. The van der Waals surface area contributed by atoms with E-state index in [1.807, 2.05) is 0 Å². The lowest BCUT2D eigenvalue weighted by molar-refractivity contribution is -0.139. The van der Waals surface area contributed by atoms with Crippen LogP contribution < -0.4 is 5.32 Å². The molecule has 2 N–H and O–H groups in total. The quantitative estimate of drug-likeness (QED) is 0.853. The Hall–Kier alpha value is -1.13. The molecule has 17 heavy (non-hydrogen) atoms. The molecule has 2 rings (SSSR count). The van der Waals surface area contributed by atoms with Gasteiger partial charge in [0.05, 0.1) is 0 Å². The molecule has 1 aromatic carbocycles. The Kier molecular flexibility index (Phi) is 3.64. The second kappa shape index (κ2) is 5.02. The van der Waals surface area contributed by atoms with Crippen molar-refractivity contribution in [3.05, 3.63) is 34.6 Å². The fourth-order valence-electron chi connectivity index (χ4n) is 1.67. The first-order valence-corrected chi connectivity index (χ1v) is 5.87. The summed E-state index contributed by atoms with van der Waals surface area (Å²) in [5.41, 5.74) is 0.404. The molecule has 0 heterocycles. The van der Waals surface area contributed by atoms with Crippen LogP contribution >= 0.6 is 11.6 Å². The zero-order chi connectivity index (χ0) is 12.4. The second-order valence-corrected chi connectivity index (χ2v) is 4.70. The van der Waals surface area contributed by atoms with Crippen molar-refractivity contribution in [3.8, 4) is 0 Å².